The summed E-state index contributed by atoms with van der Waals surface area (Å²) in [4.78, 5) is 4.41. The lowest BCUT2D eigenvalue weighted by Gasteiger charge is -2.13. The molecule has 2 aromatic heterocycles. The Morgan fingerprint density at radius 1 is 1.33 bits per heavy atom. The van der Waals surface area contributed by atoms with Gasteiger partial charge >= 0.3 is 0 Å². The van der Waals surface area contributed by atoms with Crippen LogP contribution in [0.15, 0.2) is 18.7 Å². The zero-order valence-corrected chi connectivity index (χ0v) is 13.0. The van der Waals surface area contributed by atoms with E-state index in [9.17, 15) is 0 Å². The Morgan fingerprint density at radius 2 is 2.24 bits per heavy atom. The second-order valence-electron chi connectivity index (χ2n) is 5.90. The Hall–Kier alpha value is -1.62. The molecule has 2 heterocycles. The predicted octanol–water partition coefficient (Wildman–Crippen LogP) is 2.52. The van der Waals surface area contributed by atoms with Crippen LogP contribution in [0.1, 0.15) is 55.6 Å². The maximum atomic E-state index is 4.41. The van der Waals surface area contributed by atoms with Crippen LogP contribution >= 0.6 is 0 Å². The Balaban J connectivity index is 1.82. The molecule has 0 bridgehead atoms. The van der Waals surface area contributed by atoms with Crippen molar-refractivity contribution in [3.63, 3.8) is 0 Å². The van der Waals surface area contributed by atoms with E-state index in [1.165, 1.54) is 36.8 Å². The van der Waals surface area contributed by atoms with Crippen LogP contribution in [-0.2, 0) is 19.5 Å². The lowest BCUT2D eigenvalue weighted by Crippen LogP contribution is -2.15. The molecule has 0 aromatic carbocycles. The van der Waals surface area contributed by atoms with E-state index in [0.29, 0.717) is 6.04 Å². The summed E-state index contributed by atoms with van der Waals surface area (Å²) in [5, 5.41) is 7.77. The highest BCUT2D eigenvalue weighted by molar-refractivity contribution is 5.29. The minimum absolute atomic E-state index is 0.497. The van der Waals surface area contributed by atoms with Gasteiger partial charge in [0, 0.05) is 25.0 Å². The van der Waals surface area contributed by atoms with Gasteiger partial charge in [-0.1, -0.05) is 13.3 Å². The van der Waals surface area contributed by atoms with Crippen LogP contribution in [0.25, 0.3) is 0 Å². The molecule has 114 valence electrons. The van der Waals surface area contributed by atoms with Crippen molar-refractivity contribution in [1.82, 2.24) is 24.6 Å². The lowest BCUT2D eigenvalue weighted by atomic mass is 10.1. The number of nitrogens with zero attached hydrogens (tertiary/aromatic N) is 4. The molecule has 1 aliphatic carbocycles. The molecular weight excluding hydrogens is 262 g/mol. The summed E-state index contributed by atoms with van der Waals surface area (Å²) in [6, 6.07) is 0.497. The van der Waals surface area contributed by atoms with Crippen molar-refractivity contribution in [1.29, 1.82) is 0 Å². The zero-order valence-electron chi connectivity index (χ0n) is 13.0. The van der Waals surface area contributed by atoms with Gasteiger partial charge in [-0.15, -0.1) is 0 Å². The van der Waals surface area contributed by atoms with Crippen molar-refractivity contribution in [3.8, 4) is 0 Å². The standard InChI is InChI=1S/C16H25N5/c1-3-8-21-16(18-12-19-21)11-20-9-13-6-4-5-7-15(17-2)14(13)10-20/h9-10,12,15,17H,3-8,11H2,1-2H3. The van der Waals surface area contributed by atoms with Crippen LogP contribution in [0.2, 0.25) is 0 Å². The molecule has 1 atom stereocenters. The molecule has 0 fully saturated rings. The summed E-state index contributed by atoms with van der Waals surface area (Å²) >= 11 is 0. The second kappa shape index (κ2) is 6.43. The number of aromatic nitrogens is 4. The van der Waals surface area contributed by atoms with Crippen molar-refractivity contribution in [2.75, 3.05) is 7.05 Å². The molecular formula is C16H25N5. The molecule has 21 heavy (non-hydrogen) atoms. The van der Waals surface area contributed by atoms with E-state index in [0.717, 1.165) is 25.3 Å². The summed E-state index contributed by atoms with van der Waals surface area (Å²) in [7, 11) is 2.06. The van der Waals surface area contributed by atoms with Gasteiger partial charge in [0.05, 0.1) is 6.54 Å². The van der Waals surface area contributed by atoms with Gasteiger partial charge in [-0.25, -0.2) is 9.67 Å². The summed E-state index contributed by atoms with van der Waals surface area (Å²) in [6.07, 6.45) is 12.4. The Kier molecular flexibility index (Phi) is 4.39. The molecule has 0 spiro atoms. The van der Waals surface area contributed by atoms with Crippen molar-refractivity contribution in [2.24, 2.45) is 0 Å². The van der Waals surface area contributed by atoms with E-state index in [1.807, 2.05) is 4.68 Å². The minimum Gasteiger partial charge on any atom is -0.346 e. The van der Waals surface area contributed by atoms with Crippen LogP contribution < -0.4 is 5.32 Å². The number of rotatable bonds is 5. The summed E-state index contributed by atoms with van der Waals surface area (Å²) in [5.41, 5.74) is 2.96. The van der Waals surface area contributed by atoms with Gasteiger partial charge in [-0.2, -0.15) is 5.10 Å². The molecule has 0 saturated heterocycles. The van der Waals surface area contributed by atoms with Crippen LogP contribution in [0.5, 0.6) is 0 Å². The highest BCUT2D eigenvalue weighted by atomic mass is 15.3. The van der Waals surface area contributed by atoms with Crippen LogP contribution in [0.3, 0.4) is 0 Å². The van der Waals surface area contributed by atoms with Crippen LogP contribution in [0, 0.1) is 0 Å². The van der Waals surface area contributed by atoms with Gasteiger partial charge in [-0.3, -0.25) is 0 Å². The third kappa shape index (κ3) is 3.02. The number of nitrogens with one attached hydrogen (secondary N) is 1. The molecule has 3 rings (SSSR count). The van der Waals surface area contributed by atoms with Crippen molar-refractivity contribution < 1.29 is 0 Å². The fourth-order valence-corrected chi connectivity index (χ4v) is 3.28. The fraction of sp³-hybridized carbons (Fsp3) is 0.625. The first-order valence-electron chi connectivity index (χ1n) is 8.04. The van der Waals surface area contributed by atoms with E-state index in [4.69, 9.17) is 0 Å². The average Bonchev–Trinajstić information content (AvgIpc) is 3.03. The van der Waals surface area contributed by atoms with Crippen molar-refractivity contribution >= 4 is 0 Å². The molecule has 5 nitrogen and oxygen atoms in total. The van der Waals surface area contributed by atoms with Gasteiger partial charge in [0.1, 0.15) is 12.2 Å². The largest absolute Gasteiger partial charge is 0.346 e. The van der Waals surface area contributed by atoms with Crippen molar-refractivity contribution in [2.45, 2.75) is 58.2 Å². The monoisotopic (exact) mass is 287 g/mol. The van der Waals surface area contributed by atoms with Gasteiger partial charge in [-0.05, 0) is 43.9 Å². The maximum absolute atomic E-state index is 4.41. The first-order valence-corrected chi connectivity index (χ1v) is 8.04. The minimum atomic E-state index is 0.497. The summed E-state index contributed by atoms with van der Waals surface area (Å²) in [6.45, 7) is 3.92. The van der Waals surface area contributed by atoms with Gasteiger partial charge in [0.2, 0.25) is 0 Å². The highest BCUT2D eigenvalue weighted by Crippen LogP contribution is 2.29. The Morgan fingerprint density at radius 3 is 3.05 bits per heavy atom. The molecule has 0 amide bonds. The van der Waals surface area contributed by atoms with Crippen molar-refractivity contribution in [3.05, 3.63) is 35.7 Å². The first kappa shape index (κ1) is 14.3. The molecule has 5 heteroatoms. The molecule has 0 saturated carbocycles. The van der Waals surface area contributed by atoms with Crippen LogP contribution in [0.4, 0.5) is 0 Å². The van der Waals surface area contributed by atoms with E-state index in [1.54, 1.807) is 6.33 Å². The van der Waals surface area contributed by atoms with E-state index in [2.05, 4.69) is 46.3 Å². The molecule has 1 unspecified atom stereocenters. The topological polar surface area (TPSA) is 47.7 Å². The maximum Gasteiger partial charge on any atom is 0.146 e. The number of aryl methyl sites for hydroxylation is 2. The molecule has 1 N–H and O–H groups in total. The summed E-state index contributed by atoms with van der Waals surface area (Å²) < 4.78 is 4.29. The van der Waals surface area contributed by atoms with E-state index < -0.39 is 0 Å². The second-order valence-corrected chi connectivity index (χ2v) is 5.90. The third-order valence-electron chi connectivity index (χ3n) is 4.37. The smallest absolute Gasteiger partial charge is 0.146 e. The molecule has 0 aliphatic heterocycles. The summed E-state index contributed by atoms with van der Waals surface area (Å²) in [5.74, 6) is 1.04. The quantitative estimate of drug-likeness (QED) is 0.860. The van der Waals surface area contributed by atoms with Gasteiger partial charge in [0.15, 0.2) is 0 Å². The normalized spacial score (nSPS) is 18.5. The number of hydrogen-bond acceptors (Lipinski definition) is 3. The fourth-order valence-electron chi connectivity index (χ4n) is 3.28. The molecule has 1 aliphatic rings. The highest BCUT2D eigenvalue weighted by Gasteiger charge is 2.19. The van der Waals surface area contributed by atoms with E-state index >= 15 is 0 Å². The van der Waals surface area contributed by atoms with Crippen LogP contribution in [-0.4, -0.2) is 26.4 Å². The SMILES string of the molecule is CCCn1ncnc1Cn1cc2c(c1)C(NC)CCCC2. The molecule has 2 aromatic rings. The lowest BCUT2D eigenvalue weighted by molar-refractivity contribution is 0.528. The van der Waals surface area contributed by atoms with Gasteiger partial charge < -0.3 is 9.88 Å². The number of hydrogen-bond donors (Lipinski definition) is 1. The van der Waals surface area contributed by atoms with Gasteiger partial charge in [0.25, 0.3) is 0 Å². The Labute approximate surface area is 126 Å². The Bertz CT molecular complexity index is 583. The third-order valence-corrected chi connectivity index (χ3v) is 4.37. The predicted molar refractivity (Wildman–Crippen MR) is 83.2 cm³/mol. The average molecular weight is 287 g/mol. The number of fused-ring (bicyclic) bond motifs is 1. The zero-order chi connectivity index (χ0) is 14.7. The molecule has 0 radical (unpaired) electrons. The first-order chi connectivity index (χ1) is 10.3. The van der Waals surface area contributed by atoms with E-state index in [-0.39, 0.29) is 0 Å².